The van der Waals surface area contributed by atoms with Gasteiger partial charge in [-0.1, -0.05) is 41.4 Å². The number of hydrogen-bond donors (Lipinski definition) is 2. The molecule has 1 heterocycles. The number of anilines is 2. The van der Waals surface area contributed by atoms with Crippen molar-refractivity contribution in [2.45, 2.75) is 0 Å². The average molecular weight is 468 g/mol. The molecule has 0 unspecified atom stereocenters. The third kappa shape index (κ3) is 4.77. The fourth-order valence-electron chi connectivity index (χ4n) is 3.52. The van der Waals surface area contributed by atoms with E-state index in [0.29, 0.717) is 34.4 Å². The summed E-state index contributed by atoms with van der Waals surface area (Å²) in [7, 11) is 0. The monoisotopic (exact) mass is 467 g/mol. The van der Waals surface area contributed by atoms with Crippen LogP contribution in [0.2, 0.25) is 10.0 Å². The molecule has 0 spiro atoms. The summed E-state index contributed by atoms with van der Waals surface area (Å²) in [4.78, 5) is 39.5. The second kappa shape index (κ2) is 9.42. The van der Waals surface area contributed by atoms with Crippen LogP contribution in [0.3, 0.4) is 0 Å². The molecule has 3 aromatic carbocycles. The van der Waals surface area contributed by atoms with Crippen LogP contribution in [0.15, 0.2) is 66.7 Å². The van der Waals surface area contributed by atoms with E-state index in [0.717, 1.165) is 5.69 Å². The number of carbonyl (C=O) groups excluding carboxylic acids is 3. The minimum Gasteiger partial charge on any atom is -0.359 e. The molecule has 4 rings (SSSR count). The van der Waals surface area contributed by atoms with Crippen molar-refractivity contribution in [3.05, 3.63) is 93.5 Å². The lowest BCUT2D eigenvalue weighted by Crippen LogP contribution is -2.47. The molecule has 6 nitrogen and oxygen atoms in total. The molecule has 1 saturated heterocycles. The number of ketones is 1. The molecular formula is C24H19Cl2N3O3. The van der Waals surface area contributed by atoms with E-state index in [2.05, 4.69) is 10.6 Å². The van der Waals surface area contributed by atoms with Crippen LogP contribution in [-0.2, 0) is 4.79 Å². The molecule has 1 aliphatic rings. The summed E-state index contributed by atoms with van der Waals surface area (Å²) < 4.78 is 0. The van der Waals surface area contributed by atoms with E-state index >= 15 is 0 Å². The summed E-state index contributed by atoms with van der Waals surface area (Å²) in [6, 6.07) is 18.2. The fraction of sp³-hybridized carbons (Fsp3) is 0.125. The summed E-state index contributed by atoms with van der Waals surface area (Å²) >= 11 is 12.3. The van der Waals surface area contributed by atoms with E-state index in [-0.39, 0.29) is 29.4 Å². The molecule has 0 aromatic heterocycles. The van der Waals surface area contributed by atoms with Crippen molar-refractivity contribution in [2.75, 3.05) is 29.9 Å². The van der Waals surface area contributed by atoms with Gasteiger partial charge in [0.05, 0.1) is 22.8 Å². The average Bonchev–Trinajstić information content (AvgIpc) is 2.79. The lowest BCUT2D eigenvalue weighted by atomic mass is 9.98. The van der Waals surface area contributed by atoms with Crippen LogP contribution in [0.4, 0.5) is 11.4 Å². The maximum Gasteiger partial charge on any atom is 0.256 e. The highest BCUT2D eigenvalue weighted by atomic mass is 35.5. The second-order valence-corrected chi connectivity index (χ2v) is 8.12. The third-order valence-corrected chi connectivity index (χ3v) is 5.66. The van der Waals surface area contributed by atoms with E-state index < -0.39 is 5.91 Å². The predicted octanol–water partition coefficient (Wildman–Crippen LogP) is 4.41. The number of nitrogens with zero attached hydrogens (tertiary/aromatic N) is 1. The Morgan fingerprint density at radius 1 is 0.938 bits per heavy atom. The van der Waals surface area contributed by atoms with Gasteiger partial charge >= 0.3 is 0 Å². The fourth-order valence-corrected chi connectivity index (χ4v) is 3.95. The Morgan fingerprint density at radius 3 is 2.34 bits per heavy atom. The highest BCUT2D eigenvalue weighted by Crippen LogP contribution is 2.29. The van der Waals surface area contributed by atoms with Gasteiger partial charge in [0.25, 0.3) is 5.91 Å². The number of benzene rings is 3. The predicted molar refractivity (Wildman–Crippen MR) is 126 cm³/mol. The van der Waals surface area contributed by atoms with Crippen LogP contribution in [-0.4, -0.2) is 37.2 Å². The molecular weight excluding hydrogens is 449 g/mol. The van der Waals surface area contributed by atoms with Gasteiger partial charge in [0, 0.05) is 34.9 Å². The van der Waals surface area contributed by atoms with Gasteiger partial charge < -0.3 is 15.5 Å². The Balaban J connectivity index is 1.54. The summed E-state index contributed by atoms with van der Waals surface area (Å²) in [5.41, 5.74) is 2.18. The molecule has 0 atom stereocenters. The Kier molecular flexibility index (Phi) is 6.44. The van der Waals surface area contributed by atoms with Gasteiger partial charge in [-0.25, -0.2) is 0 Å². The summed E-state index contributed by atoms with van der Waals surface area (Å²) in [5, 5.41) is 6.52. The number of nitrogens with one attached hydrogen (secondary N) is 2. The van der Waals surface area contributed by atoms with Gasteiger partial charge in [0.1, 0.15) is 0 Å². The van der Waals surface area contributed by atoms with Crippen LogP contribution in [0.25, 0.3) is 0 Å². The van der Waals surface area contributed by atoms with Crippen molar-refractivity contribution < 1.29 is 14.4 Å². The summed E-state index contributed by atoms with van der Waals surface area (Å²) in [5.74, 6) is -0.764. The minimum absolute atomic E-state index is 0.0633. The molecule has 0 aliphatic carbocycles. The number of carbonyl (C=O) groups is 3. The molecule has 2 N–H and O–H groups in total. The van der Waals surface area contributed by atoms with Gasteiger partial charge in [0.2, 0.25) is 5.91 Å². The lowest BCUT2D eigenvalue weighted by Gasteiger charge is -2.29. The van der Waals surface area contributed by atoms with Gasteiger partial charge in [-0.15, -0.1) is 0 Å². The van der Waals surface area contributed by atoms with Gasteiger partial charge in [-0.3, -0.25) is 14.4 Å². The van der Waals surface area contributed by atoms with Crippen LogP contribution >= 0.6 is 23.2 Å². The zero-order valence-electron chi connectivity index (χ0n) is 16.9. The van der Waals surface area contributed by atoms with E-state index in [1.807, 2.05) is 4.90 Å². The van der Waals surface area contributed by atoms with E-state index in [9.17, 15) is 14.4 Å². The molecule has 3 aromatic rings. The standard InChI is InChI=1S/C24H19Cl2N3O3/c25-16-7-5-15(6-8-16)23(31)18-3-1-2-4-19(18)24(32)28-17-9-10-21(20(26)13-17)29-12-11-27-22(30)14-29/h1-10,13H,11-12,14H2,(H,27,30)(H,28,32). The smallest absolute Gasteiger partial charge is 0.256 e. The van der Waals surface area contributed by atoms with Crippen molar-refractivity contribution in [3.63, 3.8) is 0 Å². The Labute approximate surface area is 195 Å². The Bertz CT molecular complexity index is 1200. The van der Waals surface area contributed by atoms with Crippen molar-refractivity contribution >= 4 is 52.2 Å². The van der Waals surface area contributed by atoms with Crippen molar-refractivity contribution in [2.24, 2.45) is 0 Å². The molecule has 32 heavy (non-hydrogen) atoms. The van der Waals surface area contributed by atoms with E-state index in [1.165, 1.54) is 0 Å². The Hall–Kier alpha value is -3.35. The SMILES string of the molecule is O=C1CN(c2ccc(NC(=O)c3ccccc3C(=O)c3ccc(Cl)cc3)cc2Cl)CCN1. The molecule has 1 aliphatic heterocycles. The third-order valence-electron chi connectivity index (χ3n) is 5.11. The number of halogens is 2. The number of amides is 2. The van der Waals surface area contributed by atoms with Crippen molar-refractivity contribution in [3.8, 4) is 0 Å². The number of piperazine rings is 1. The normalized spacial score (nSPS) is 13.4. The second-order valence-electron chi connectivity index (χ2n) is 7.27. The zero-order valence-corrected chi connectivity index (χ0v) is 18.4. The van der Waals surface area contributed by atoms with Crippen molar-refractivity contribution in [1.29, 1.82) is 0 Å². The van der Waals surface area contributed by atoms with Gasteiger partial charge in [-0.05, 0) is 48.5 Å². The largest absolute Gasteiger partial charge is 0.359 e. The number of rotatable bonds is 5. The minimum atomic E-state index is -0.427. The van der Waals surface area contributed by atoms with Crippen LogP contribution < -0.4 is 15.5 Å². The first-order chi connectivity index (χ1) is 15.4. The lowest BCUT2D eigenvalue weighted by molar-refractivity contribution is -0.120. The highest BCUT2D eigenvalue weighted by Gasteiger charge is 2.21. The Morgan fingerprint density at radius 2 is 1.66 bits per heavy atom. The van der Waals surface area contributed by atoms with Gasteiger partial charge in [-0.2, -0.15) is 0 Å². The van der Waals surface area contributed by atoms with Crippen molar-refractivity contribution in [1.82, 2.24) is 5.32 Å². The van der Waals surface area contributed by atoms with E-state index in [4.69, 9.17) is 23.2 Å². The molecule has 162 valence electrons. The topological polar surface area (TPSA) is 78.5 Å². The first kappa shape index (κ1) is 21.9. The molecule has 2 amide bonds. The van der Waals surface area contributed by atoms with Crippen LogP contribution in [0.1, 0.15) is 26.3 Å². The van der Waals surface area contributed by atoms with Crippen LogP contribution in [0.5, 0.6) is 0 Å². The van der Waals surface area contributed by atoms with E-state index in [1.54, 1.807) is 66.7 Å². The summed E-state index contributed by atoms with van der Waals surface area (Å²) in [6.07, 6.45) is 0. The molecule has 8 heteroatoms. The molecule has 0 radical (unpaired) electrons. The van der Waals surface area contributed by atoms with Crippen LogP contribution in [0, 0.1) is 0 Å². The zero-order chi connectivity index (χ0) is 22.7. The molecule has 1 fully saturated rings. The first-order valence-corrected chi connectivity index (χ1v) is 10.7. The maximum absolute atomic E-state index is 13.0. The molecule has 0 bridgehead atoms. The number of hydrogen-bond acceptors (Lipinski definition) is 4. The van der Waals surface area contributed by atoms with Gasteiger partial charge in [0.15, 0.2) is 5.78 Å². The quantitative estimate of drug-likeness (QED) is 0.544. The summed E-state index contributed by atoms with van der Waals surface area (Å²) in [6.45, 7) is 1.43. The molecule has 0 saturated carbocycles. The highest BCUT2D eigenvalue weighted by molar-refractivity contribution is 6.33. The first-order valence-electron chi connectivity index (χ1n) is 9.94. The maximum atomic E-state index is 13.0.